The molecule has 0 aromatic rings. The zero-order chi connectivity index (χ0) is 13.8. The molecule has 0 N–H and O–H groups in total. The van der Waals surface area contributed by atoms with Gasteiger partial charge in [0, 0.05) is 6.61 Å². The molecule has 0 spiro atoms. The largest absolute Gasteiger partial charge is 0.465 e. The van der Waals surface area contributed by atoms with Gasteiger partial charge in [-0.15, -0.1) is 0 Å². The Balaban J connectivity index is 3.53. The van der Waals surface area contributed by atoms with E-state index in [9.17, 15) is 4.79 Å². The molecule has 0 heterocycles. The fourth-order valence-electron chi connectivity index (χ4n) is 1.74. The molecule has 108 valence electrons. The van der Waals surface area contributed by atoms with E-state index >= 15 is 0 Å². The minimum Gasteiger partial charge on any atom is -0.465 e. The highest BCUT2D eigenvalue weighted by atomic mass is 16.5. The Labute approximate surface area is 112 Å². The first kappa shape index (κ1) is 17.4. The molecule has 0 bridgehead atoms. The van der Waals surface area contributed by atoms with Gasteiger partial charge in [-0.05, 0) is 11.8 Å². The molecule has 0 unspecified atom stereocenters. The van der Waals surface area contributed by atoms with Crippen molar-refractivity contribution in [3.05, 3.63) is 0 Å². The molecule has 0 aromatic carbocycles. The number of ether oxygens (including phenoxy) is 2. The van der Waals surface area contributed by atoms with E-state index in [1.165, 1.54) is 0 Å². The van der Waals surface area contributed by atoms with Crippen LogP contribution in [0.3, 0.4) is 0 Å². The second-order valence-corrected chi connectivity index (χ2v) is 4.87. The summed E-state index contributed by atoms with van der Waals surface area (Å²) >= 11 is 0. The van der Waals surface area contributed by atoms with Crippen molar-refractivity contribution in [3.63, 3.8) is 0 Å². The molecule has 0 fully saturated rings. The van der Waals surface area contributed by atoms with E-state index in [1.807, 2.05) is 0 Å². The third-order valence-electron chi connectivity index (χ3n) is 3.59. The van der Waals surface area contributed by atoms with Crippen molar-refractivity contribution in [2.24, 2.45) is 11.8 Å². The lowest BCUT2D eigenvalue weighted by Gasteiger charge is -2.14. The summed E-state index contributed by atoms with van der Waals surface area (Å²) < 4.78 is 10.7. The molecule has 3 nitrogen and oxygen atoms in total. The summed E-state index contributed by atoms with van der Waals surface area (Å²) in [6, 6.07) is 0. The van der Waals surface area contributed by atoms with Crippen molar-refractivity contribution in [1.29, 1.82) is 0 Å². The maximum absolute atomic E-state index is 11.5. The molecule has 0 saturated carbocycles. The second kappa shape index (κ2) is 11.5. The predicted molar refractivity (Wildman–Crippen MR) is 74.5 cm³/mol. The molecule has 3 heteroatoms. The van der Waals surface area contributed by atoms with E-state index in [0.717, 1.165) is 32.3 Å². The number of esters is 1. The molecule has 0 saturated heterocycles. The molecule has 0 aliphatic carbocycles. The van der Waals surface area contributed by atoms with E-state index in [0.29, 0.717) is 31.5 Å². The Bertz CT molecular complexity index is 196. The summed E-state index contributed by atoms with van der Waals surface area (Å²) in [5.74, 6) is 0.983. The summed E-state index contributed by atoms with van der Waals surface area (Å²) in [5, 5.41) is 0. The minimum atomic E-state index is -0.133. The molecule has 0 aliphatic rings. The van der Waals surface area contributed by atoms with Crippen LogP contribution in [-0.2, 0) is 14.3 Å². The number of rotatable bonds is 11. The Kier molecular flexibility index (Phi) is 11.2. The first-order valence-electron chi connectivity index (χ1n) is 7.41. The number of hydrogen-bond donors (Lipinski definition) is 0. The Morgan fingerprint density at radius 3 is 1.89 bits per heavy atom. The fraction of sp³-hybridized carbons (Fsp3) is 0.933. The molecule has 0 aliphatic heterocycles. The van der Waals surface area contributed by atoms with Crippen LogP contribution in [0, 0.1) is 11.8 Å². The third kappa shape index (κ3) is 8.51. The van der Waals surface area contributed by atoms with Gasteiger partial charge in [0.25, 0.3) is 0 Å². The molecule has 0 radical (unpaired) electrons. The lowest BCUT2D eigenvalue weighted by Crippen LogP contribution is -2.16. The van der Waals surface area contributed by atoms with Gasteiger partial charge in [0.2, 0.25) is 0 Å². The topological polar surface area (TPSA) is 35.5 Å². The lowest BCUT2D eigenvalue weighted by atomic mass is 10.1. The Hall–Kier alpha value is -0.570. The quantitative estimate of drug-likeness (QED) is 0.417. The zero-order valence-corrected chi connectivity index (χ0v) is 12.5. The van der Waals surface area contributed by atoms with Gasteiger partial charge in [0.15, 0.2) is 0 Å². The molecule has 0 atom stereocenters. The smallest absolute Gasteiger partial charge is 0.308 e. The van der Waals surface area contributed by atoms with Crippen LogP contribution in [0.1, 0.15) is 59.8 Å². The maximum atomic E-state index is 11.5. The normalized spacial score (nSPS) is 11.2. The molecule has 0 aromatic heterocycles. The highest BCUT2D eigenvalue weighted by Crippen LogP contribution is 2.09. The number of carbonyl (C=O) groups excluding carboxylic acids is 1. The van der Waals surface area contributed by atoms with Gasteiger partial charge >= 0.3 is 5.97 Å². The van der Waals surface area contributed by atoms with E-state index in [4.69, 9.17) is 9.47 Å². The Morgan fingerprint density at radius 2 is 1.39 bits per heavy atom. The van der Waals surface area contributed by atoms with Crippen molar-refractivity contribution in [2.45, 2.75) is 59.8 Å². The summed E-state index contributed by atoms with van der Waals surface area (Å²) in [6.45, 7) is 10.4. The first-order chi connectivity index (χ1) is 8.67. The van der Waals surface area contributed by atoms with Gasteiger partial charge in [0.1, 0.15) is 0 Å². The van der Waals surface area contributed by atoms with E-state index in [-0.39, 0.29) is 5.97 Å². The van der Waals surface area contributed by atoms with Crippen molar-refractivity contribution >= 4 is 5.97 Å². The van der Waals surface area contributed by atoms with Crippen molar-refractivity contribution in [3.8, 4) is 0 Å². The van der Waals surface area contributed by atoms with Gasteiger partial charge in [-0.1, -0.05) is 53.4 Å². The zero-order valence-electron chi connectivity index (χ0n) is 12.5. The Morgan fingerprint density at radius 1 is 0.889 bits per heavy atom. The van der Waals surface area contributed by atoms with Crippen LogP contribution in [0.15, 0.2) is 0 Å². The third-order valence-corrected chi connectivity index (χ3v) is 3.59. The van der Waals surface area contributed by atoms with Gasteiger partial charge < -0.3 is 9.47 Å². The fourth-order valence-corrected chi connectivity index (χ4v) is 1.74. The summed E-state index contributed by atoms with van der Waals surface area (Å²) in [7, 11) is 0. The molecule has 0 rings (SSSR count). The van der Waals surface area contributed by atoms with Crippen LogP contribution < -0.4 is 0 Å². The molecule has 18 heavy (non-hydrogen) atoms. The highest BCUT2D eigenvalue weighted by Gasteiger charge is 2.09. The minimum absolute atomic E-state index is 0.133. The summed E-state index contributed by atoms with van der Waals surface area (Å²) in [6.07, 6.45) is 4.77. The summed E-state index contributed by atoms with van der Waals surface area (Å²) in [4.78, 5) is 11.5. The van der Waals surface area contributed by atoms with Gasteiger partial charge in [-0.25, -0.2) is 0 Å². The average molecular weight is 258 g/mol. The van der Waals surface area contributed by atoms with E-state index in [1.54, 1.807) is 0 Å². The van der Waals surface area contributed by atoms with Crippen LogP contribution in [0.4, 0.5) is 0 Å². The number of carbonyl (C=O) groups is 1. The van der Waals surface area contributed by atoms with Crippen LogP contribution in [0.25, 0.3) is 0 Å². The van der Waals surface area contributed by atoms with Gasteiger partial charge in [0.05, 0.1) is 19.6 Å². The predicted octanol–water partition coefficient (Wildman–Crippen LogP) is 3.81. The van der Waals surface area contributed by atoms with Crippen LogP contribution in [-0.4, -0.2) is 25.8 Å². The van der Waals surface area contributed by atoms with Crippen molar-refractivity contribution in [1.82, 2.24) is 0 Å². The van der Waals surface area contributed by atoms with E-state index in [2.05, 4.69) is 27.7 Å². The first-order valence-corrected chi connectivity index (χ1v) is 7.41. The average Bonchev–Trinajstić information content (AvgIpc) is 2.40. The SMILES string of the molecule is CCC(CC)COCCC(=O)OCC(CC)CC. The second-order valence-electron chi connectivity index (χ2n) is 4.87. The van der Waals surface area contributed by atoms with Crippen molar-refractivity contribution < 1.29 is 14.3 Å². The van der Waals surface area contributed by atoms with Gasteiger partial charge in [-0.3, -0.25) is 4.79 Å². The highest BCUT2D eigenvalue weighted by molar-refractivity contribution is 5.69. The monoisotopic (exact) mass is 258 g/mol. The standard InChI is InChI=1S/C15H30O3/c1-5-13(6-2)11-17-10-9-15(16)18-12-14(7-3)8-4/h13-14H,5-12H2,1-4H3. The molecular formula is C15H30O3. The van der Waals surface area contributed by atoms with Crippen LogP contribution >= 0.6 is 0 Å². The van der Waals surface area contributed by atoms with Crippen LogP contribution in [0.5, 0.6) is 0 Å². The lowest BCUT2D eigenvalue weighted by molar-refractivity contribution is -0.146. The van der Waals surface area contributed by atoms with Crippen molar-refractivity contribution in [2.75, 3.05) is 19.8 Å². The summed E-state index contributed by atoms with van der Waals surface area (Å²) in [5.41, 5.74) is 0. The maximum Gasteiger partial charge on any atom is 0.308 e. The van der Waals surface area contributed by atoms with Crippen LogP contribution in [0.2, 0.25) is 0 Å². The van der Waals surface area contributed by atoms with Gasteiger partial charge in [-0.2, -0.15) is 0 Å². The van der Waals surface area contributed by atoms with E-state index < -0.39 is 0 Å². The molecular weight excluding hydrogens is 228 g/mol. The number of hydrogen-bond acceptors (Lipinski definition) is 3. The molecule has 0 amide bonds.